The van der Waals surface area contributed by atoms with Crippen molar-refractivity contribution in [1.82, 2.24) is 19.6 Å². The van der Waals surface area contributed by atoms with Gasteiger partial charge in [0.1, 0.15) is 0 Å². The van der Waals surface area contributed by atoms with Crippen LogP contribution in [0.25, 0.3) is 0 Å². The standard InChI is InChI=1S/C21H32N4O3/c1-3-24-14-19(15(2)22-24)21(27)23-10-4-5-18(13-23)25(20(26)16-6-7-16)17-8-11-28-12-9-17/h14,16-18H,3-13H2,1-2H3. The summed E-state index contributed by atoms with van der Waals surface area (Å²) in [5, 5.41) is 4.42. The Hall–Kier alpha value is -1.89. The quantitative estimate of drug-likeness (QED) is 0.776. The molecule has 1 aromatic rings. The van der Waals surface area contributed by atoms with Crippen molar-refractivity contribution in [3.05, 3.63) is 17.5 Å². The van der Waals surface area contributed by atoms with Crippen LogP contribution in [0.5, 0.6) is 0 Å². The van der Waals surface area contributed by atoms with Gasteiger partial charge >= 0.3 is 0 Å². The number of aromatic nitrogens is 2. The summed E-state index contributed by atoms with van der Waals surface area (Å²) in [5.74, 6) is 0.563. The summed E-state index contributed by atoms with van der Waals surface area (Å²) in [5.41, 5.74) is 1.47. The molecule has 2 aliphatic heterocycles. The van der Waals surface area contributed by atoms with Crippen LogP contribution in [0, 0.1) is 12.8 Å². The first-order valence-electron chi connectivity index (χ1n) is 10.8. The molecule has 1 aliphatic carbocycles. The van der Waals surface area contributed by atoms with E-state index >= 15 is 0 Å². The summed E-state index contributed by atoms with van der Waals surface area (Å²) >= 11 is 0. The Morgan fingerprint density at radius 3 is 2.57 bits per heavy atom. The van der Waals surface area contributed by atoms with Gasteiger partial charge < -0.3 is 14.5 Å². The second-order valence-corrected chi connectivity index (χ2v) is 8.39. The lowest BCUT2D eigenvalue weighted by Gasteiger charge is -2.44. The van der Waals surface area contributed by atoms with E-state index in [4.69, 9.17) is 4.74 Å². The van der Waals surface area contributed by atoms with E-state index in [1.165, 1.54) is 0 Å². The fraction of sp³-hybridized carbons (Fsp3) is 0.762. The normalized spacial score (nSPS) is 23.6. The van der Waals surface area contributed by atoms with Crippen LogP contribution in [-0.2, 0) is 16.1 Å². The van der Waals surface area contributed by atoms with Crippen molar-refractivity contribution in [3.63, 3.8) is 0 Å². The fourth-order valence-corrected chi connectivity index (χ4v) is 4.59. The highest BCUT2D eigenvalue weighted by atomic mass is 16.5. The number of aryl methyl sites for hydroxylation is 2. The maximum absolute atomic E-state index is 13.2. The number of nitrogens with zero attached hydrogens (tertiary/aromatic N) is 4. The predicted molar refractivity (Wildman–Crippen MR) is 105 cm³/mol. The summed E-state index contributed by atoms with van der Waals surface area (Å²) in [6, 6.07) is 0.377. The van der Waals surface area contributed by atoms with Crippen LogP contribution >= 0.6 is 0 Å². The third kappa shape index (κ3) is 3.95. The largest absolute Gasteiger partial charge is 0.381 e. The van der Waals surface area contributed by atoms with Gasteiger partial charge in [-0.3, -0.25) is 14.3 Å². The molecule has 0 radical (unpaired) electrons. The summed E-state index contributed by atoms with van der Waals surface area (Å²) in [6.45, 7) is 7.51. The smallest absolute Gasteiger partial charge is 0.257 e. The Kier molecular flexibility index (Phi) is 5.71. The number of rotatable bonds is 5. The van der Waals surface area contributed by atoms with Gasteiger partial charge in [-0.2, -0.15) is 5.10 Å². The molecule has 154 valence electrons. The topological polar surface area (TPSA) is 67.7 Å². The van der Waals surface area contributed by atoms with Gasteiger partial charge in [0.05, 0.1) is 11.3 Å². The molecule has 3 fully saturated rings. The van der Waals surface area contributed by atoms with E-state index in [1.54, 1.807) is 0 Å². The van der Waals surface area contributed by atoms with Crippen molar-refractivity contribution in [2.45, 2.75) is 71.0 Å². The van der Waals surface area contributed by atoms with Crippen molar-refractivity contribution in [2.24, 2.45) is 5.92 Å². The van der Waals surface area contributed by atoms with Gasteiger partial charge in [0.25, 0.3) is 5.91 Å². The highest BCUT2D eigenvalue weighted by molar-refractivity contribution is 5.95. The Balaban J connectivity index is 1.50. The molecule has 7 nitrogen and oxygen atoms in total. The van der Waals surface area contributed by atoms with Crippen LogP contribution in [0.3, 0.4) is 0 Å². The van der Waals surface area contributed by atoms with Crippen LogP contribution in [0.1, 0.15) is 61.5 Å². The third-order valence-electron chi connectivity index (χ3n) is 6.34. The molecule has 0 spiro atoms. The molecule has 1 saturated carbocycles. The summed E-state index contributed by atoms with van der Waals surface area (Å²) in [6.07, 6.45) is 7.62. The van der Waals surface area contributed by atoms with Crippen LogP contribution < -0.4 is 0 Å². The van der Waals surface area contributed by atoms with Crippen LogP contribution in [0.15, 0.2) is 6.20 Å². The number of carbonyl (C=O) groups is 2. The van der Waals surface area contributed by atoms with Crippen molar-refractivity contribution < 1.29 is 14.3 Å². The fourth-order valence-electron chi connectivity index (χ4n) is 4.59. The van der Waals surface area contributed by atoms with Gasteiger partial charge in [-0.05, 0) is 52.4 Å². The Morgan fingerprint density at radius 2 is 1.93 bits per heavy atom. The minimum atomic E-state index is 0.0488. The highest BCUT2D eigenvalue weighted by Crippen LogP contribution is 2.35. The molecule has 3 heterocycles. The minimum Gasteiger partial charge on any atom is -0.381 e. The van der Waals surface area contributed by atoms with Crippen LogP contribution in [0.4, 0.5) is 0 Å². The highest BCUT2D eigenvalue weighted by Gasteiger charge is 2.41. The predicted octanol–water partition coefficient (Wildman–Crippen LogP) is 2.23. The van der Waals surface area contributed by atoms with Crippen molar-refractivity contribution in [1.29, 1.82) is 0 Å². The third-order valence-corrected chi connectivity index (χ3v) is 6.34. The molecular weight excluding hydrogens is 356 g/mol. The van der Waals surface area contributed by atoms with E-state index < -0.39 is 0 Å². The van der Waals surface area contributed by atoms with Gasteiger partial charge in [-0.25, -0.2) is 0 Å². The Labute approximate surface area is 167 Å². The Morgan fingerprint density at radius 1 is 1.18 bits per heavy atom. The number of hydrogen-bond acceptors (Lipinski definition) is 4. The number of ether oxygens (including phenoxy) is 1. The average Bonchev–Trinajstić information content (AvgIpc) is 3.51. The molecule has 28 heavy (non-hydrogen) atoms. The van der Waals surface area contributed by atoms with Gasteiger partial charge in [0.2, 0.25) is 5.91 Å². The SMILES string of the molecule is CCn1cc(C(=O)N2CCCC(N(C(=O)C3CC3)C3CCOCC3)C2)c(C)n1. The molecule has 2 saturated heterocycles. The Bertz CT molecular complexity index is 721. The molecule has 1 atom stereocenters. The molecule has 1 unspecified atom stereocenters. The van der Waals surface area contributed by atoms with Gasteiger partial charge in [0.15, 0.2) is 0 Å². The zero-order chi connectivity index (χ0) is 19.7. The zero-order valence-corrected chi connectivity index (χ0v) is 17.1. The van der Waals surface area contributed by atoms with Gasteiger partial charge in [-0.1, -0.05) is 0 Å². The molecule has 2 amide bonds. The number of likely N-dealkylation sites (tertiary alicyclic amines) is 1. The van der Waals surface area contributed by atoms with Crippen LogP contribution in [0.2, 0.25) is 0 Å². The number of amides is 2. The minimum absolute atomic E-state index is 0.0488. The maximum atomic E-state index is 13.2. The zero-order valence-electron chi connectivity index (χ0n) is 17.1. The van der Waals surface area contributed by atoms with E-state index in [2.05, 4.69) is 10.00 Å². The molecule has 1 aromatic heterocycles. The summed E-state index contributed by atoms with van der Waals surface area (Å²) in [4.78, 5) is 30.4. The van der Waals surface area contributed by atoms with E-state index in [-0.39, 0.29) is 23.9 Å². The van der Waals surface area contributed by atoms with Crippen molar-refractivity contribution in [3.8, 4) is 0 Å². The van der Waals surface area contributed by atoms with Gasteiger partial charge in [-0.15, -0.1) is 0 Å². The lowest BCUT2D eigenvalue weighted by molar-refractivity contribution is -0.141. The average molecular weight is 389 g/mol. The second kappa shape index (κ2) is 8.23. The lowest BCUT2D eigenvalue weighted by atomic mass is 9.97. The maximum Gasteiger partial charge on any atom is 0.257 e. The lowest BCUT2D eigenvalue weighted by Crippen LogP contribution is -2.56. The first-order chi connectivity index (χ1) is 13.6. The van der Waals surface area contributed by atoms with Gasteiger partial charge in [0, 0.05) is 57.0 Å². The van der Waals surface area contributed by atoms with Crippen molar-refractivity contribution in [2.75, 3.05) is 26.3 Å². The monoisotopic (exact) mass is 388 g/mol. The first-order valence-corrected chi connectivity index (χ1v) is 10.8. The number of piperidine rings is 1. The van der Waals surface area contributed by atoms with E-state index in [1.807, 2.05) is 29.6 Å². The molecule has 0 aromatic carbocycles. The molecule has 0 N–H and O–H groups in total. The molecule has 4 rings (SSSR count). The van der Waals surface area contributed by atoms with E-state index in [0.29, 0.717) is 18.0 Å². The van der Waals surface area contributed by atoms with Crippen LogP contribution in [-0.4, -0.2) is 69.8 Å². The van der Waals surface area contributed by atoms with E-state index in [9.17, 15) is 9.59 Å². The molecular formula is C21H32N4O3. The van der Waals surface area contributed by atoms with Crippen molar-refractivity contribution >= 4 is 11.8 Å². The summed E-state index contributed by atoms with van der Waals surface area (Å²) < 4.78 is 7.34. The van der Waals surface area contributed by atoms with E-state index in [0.717, 1.165) is 70.5 Å². The molecule has 7 heteroatoms. The molecule has 0 bridgehead atoms. The first kappa shape index (κ1) is 19.4. The summed E-state index contributed by atoms with van der Waals surface area (Å²) in [7, 11) is 0. The molecule has 3 aliphatic rings. The number of hydrogen-bond donors (Lipinski definition) is 0. The second-order valence-electron chi connectivity index (χ2n) is 8.39. The number of carbonyl (C=O) groups excluding carboxylic acids is 2.